The first-order valence-corrected chi connectivity index (χ1v) is 10.5. The minimum atomic E-state index is -3.40. The van der Waals surface area contributed by atoms with Gasteiger partial charge in [0, 0.05) is 6.04 Å². The van der Waals surface area contributed by atoms with Crippen molar-refractivity contribution in [3.63, 3.8) is 0 Å². The normalized spacial score (nSPS) is 15.8. The molecule has 0 saturated carbocycles. The van der Waals surface area contributed by atoms with Crippen molar-refractivity contribution in [1.82, 2.24) is 0 Å². The SMILES string of the molecule is COc1ccccc1C(=O)COC(=O)c1ccc2c(c1)C[C@H](C)N2S(C)(=O)=O. The first-order valence-electron chi connectivity index (χ1n) is 8.68. The average molecular weight is 403 g/mol. The number of Topliss-reactive ketones (excluding diaryl/α,β-unsaturated/α-hetero) is 1. The Morgan fingerprint density at radius 3 is 2.57 bits per heavy atom. The summed E-state index contributed by atoms with van der Waals surface area (Å²) in [5.74, 6) is -0.601. The molecule has 1 aliphatic rings. The van der Waals surface area contributed by atoms with Crippen LogP contribution in [-0.2, 0) is 21.2 Å². The maximum absolute atomic E-state index is 12.4. The van der Waals surface area contributed by atoms with Crippen LogP contribution in [0, 0.1) is 0 Å². The number of nitrogens with zero attached hydrogens (tertiary/aromatic N) is 1. The van der Waals surface area contributed by atoms with E-state index in [0.717, 1.165) is 11.8 Å². The van der Waals surface area contributed by atoms with Crippen LogP contribution >= 0.6 is 0 Å². The predicted octanol–water partition coefficient (Wildman–Crippen LogP) is 2.45. The number of carbonyl (C=O) groups excluding carboxylic acids is 2. The number of benzene rings is 2. The molecular weight excluding hydrogens is 382 g/mol. The van der Waals surface area contributed by atoms with E-state index in [1.165, 1.54) is 17.5 Å². The molecule has 0 saturated heterocycles. The number of sulfonamides is 1. The van der Waals surface area contributed by atoms with Gasteiger partial charge in [-0.25, -0.2) is 13.2 Å². The van der Waals surface area contributed by atoms with E-state index in [1.54, 1.807) is 36.4 Å². The van der Waals surface area contributed by atoms with Gasteiger partial charge >= 0.3 is 5.97 Å². The van der Waals surface area contributed by atoms with Gasteiger partial charge in [-0.15, -0.1) is 0 Å². The summed E-state index contributed by atoms with van der Waals surface area (Å²) in [4.78, 5) is 24.7. The van der Waals surface area contributed by atoms with Gasteiger partial charge in [0.2, 0.25) is 15.8 Å². The molecule has 2 aromatic rings. The quantitative estimate of drug-likeness (QED) is 0.544. The van der Waals surface area contributed by atoms with Gasteiger partial charge in [0.25, 0.3) is 0 Å². The molecule has 1 heterocycles. The zero-order valence-corrected chi connectivity index (χ0v) is 16.7. The summed E-state index contributed by atoms with van der Waals surface area (Å²) in [5.41, 5.74) is 1.93. The number of anilines is 1. The number of rotatable bonds is 6. The Bertz CT molecular complexity index is 1030. The highest BCUT2D eigenvalue weighted by Gasteiger charge is 2.33. The van der Waals surface area contributed by atoms with Crippen molar-refractivity contribution in [2.75, 3.05) is 24.3 Å². The van der Waals surface area contributed by atoms with Crippen molar-refractivity contribution < 1.29 is 27.5 Å². The largest absolute Gasteiger partial charge is 0.496 e. The summed E-state index contributed by atoms with van der Waals surface area (Å²) < 4.78 is 35.6. The zero-order chi connectivity index (χ0) is 20.5. The standard InChI is InChI=1S/C20H21NO6S/c1-13-10-15-11-14(8-9-17(15)21(13)28(3,24)25)20(23)27-12-18(22)16-6-4-5-7-19(16)26-2/h4-9,11,13H,10,12H2,1-3H3/t13-/m0/s1. The van der Waals surface area contributed by atoms with Gasteiger partial charge in [-0.1, -0.05) is 12.1 Å². The van der Waals surface area contributed by atoms with Crippen LogP contribution in [0.3, 0.4) is 0 Å². The maximum Gasteiger partial charge on any atom is 0.338 e. The van der Waals surface area contributed by atoms with E-state index in [9.17, 15) is 18.0 Å². The first kappa shape index (κ1) is 19.9. The first-order chi connectivity index (χ1) is 13.2. The van der Waals surface area contributed by atoms with Gasteiger partial charge in [-0.05, 0) is 49.2 Å². The molecule has 1 aliphatic heterocycles. The van der Waals surface area contributed by atoms with Crippen molar-refractivity contribution in [2.24, 2.45) is 0 Å². The van der Waals surface area contributed by atoms with Crippen LogP contribution in [0.2, 0.25) is 0 Å². The molecule has 0 aromatic heterocycles. The lowest BCUT2D eigenvalue weighted by molar-refractivity contribution is 0.0474. The Morgan fingerprint density at radius 1 is 1.18 bits per heavy atom. The molecule has 0 spiro atoms. The highest BCUT2D eigenvalue weighted by Crippen LogP contribution is 2.34. The van der Waals surface area contributed by atoms with Crippen LogP contribution in [-0.4, -0.2) is 46.2 Å². The third-order valence-electron chi connectivity index (χ3n) is 4.57. The molecule has 1 atom stereocenters. The van der Waals surface area contributed by atoms with Gasteiger partial charge in [0.1, 0.15) is 5.75 Å². The number of esters is 1. The predicted molar refractivity (Wildman–Crippen MR) is 105 cm³/mol. The summed E-state index contributed by atoms with van der Waals surface area (Å²) in [6.45, 7) is 1.40. The molecule has 0 bridgehead atoms. The second-order valence-electron chi connectivity index (χ2n) is 6.66. The smallest absolute Gasteiger partial charge is 0.338 e. The number of carbonyl (C=O) groups is 2. The molecule has 148 valence electrons. The Kier molecular flexibility index (Phi) is 5.42. The summed E-state index contributed by atoms with van der Waals surface area (Å²) in [5, 5.41) is 0. The van der Waals surface area contributed by atoms with Crippen molar-refractivity contribution in [3.8, 4) is 5.75 Å². The number of fused-ring (bicyclic) bond motifs is 1. The van der Waals surface area contributed by atoms with Crippen LogP contribution in [0.15, 0.2) is 42.5 Å². The topological polar surface area (TPSA) is 90.0 Å². The van der Waals surface area contributed by atoms with E-state index < -0.39 is 22.6 Å². The van der Waals surface area contributed by atoms with E-state index >= 15 is 0 Å². The van der Waals surface area contributed by atoms with Gasteiger partial charge in [0.15, 0.2) is 6.61 Å². The van der Waals surface area contributed by atoms with Crippen LogP contribution in [0.1, 0.15) is 33.2 Å². The van der Waals surface area contributed by atoms with Crippen molar-refractivity contribution in [1.29, 1.82) is 0 Å². The molecule has 3 rings (SSSR count). The lowest BCUT2D eigenvalue weighted by Gasteiger charge is -2.21. The number of methoxy groups -OCH3 is 1. The van der Waals surface area contributed by atoms with Gasteiger partial charge in [-0.2, -0.15) is 0 Å². The van der Waals surface area contributed by atoms with E-state index in [4.69, 9.17) is 9.47 Å². The Hall–Kier alpha value is -2.87. The van der Waals surface area contributed by atoms with Gasteiger partial charge in [0.05, 0.1) is 30.2 Å². The lowest BCUT2D eigenvalue weighted by atomic mass is 10.1. The molecular formula is C20H21NO6S. The number of para-hydroxylation sites is 1. The highest BCUT2D eigenvalue weighted by molar-refractivity contribution is 7.92. The third-order valence-corrected chi connectivity index (χ3v) is 5.84. The molecule has 7 nitrogen and oxygen atoms in total. The zero-order valence-electron chi connectivity index (χ0n) is 15.8. The summed E-state index contributed by atoms with van der Waals surface area (Å²) >= 11 is 0. The number of hydrogen-bond donors (Lipinski definition) is 0. The molecule has 28 heavy (non-hydrogen) atoms. The van der Waals surface area contributed by atoms with E-state index in [2.05, 4.69) is 0 Å². The molecule has 0 radical (unpaired) electrons. The lowest BCUT2D eigenvalue weighted by Crippen LogP contribution is -2.34. The van der Waals surface area contributed by atoms with Crippen molar-refractivity contribution in [3.05, 3.63) is 59.2 Å². The van der Waals surface area contributed by atoms with Gasteiger partial charge < -0.3 is 9.47 Å². The second-order valence-corrected chi connectivity index (χ2v) is 8.51. The Labute approximate surface area is 163 Å². The summed E-state index contributed by atoms with van der Waals surface area (Å²) in [6.07, 6.45) is 1.66. The molecule has 8 heteroatoms. The Balaban J connectivity index is 1.73. The molecule has 0 amide bonds. The monoisotopic (exact) mass is 403 g/mol. The summed E-state index contributed by atoms with van der Waals surface area (Å²) in [7, 11) is -1.93. The third kappa shape index (κ3) is 3.87. The fraction of sp³-hybridized carbons (Fsp3) is 0.300. The molecule has 0 aliphatic carbocycles. The number of ether oxygens (including phenoxy) is 2. The van der Waals surface area contributed by atoms with Crippen LogP contribution < -0.4 is 9.04 Å². The highest BCUT2D eigenvalue weighted by atomic mass is 32.2. The minimum absolute atomic E-state index is 0.219. The van der Waals surface area contributed by atoms with Gasteiger partial charge in [-0.3, -0.25) is 9.10 Å². The fourth-order valence-corrected chi connectivity index (χ4v) is 4.67. The molecule has 0 unspecified atom stereocenters. The van der Waals surface area contributed by atoms with Crippen molar-refractivity contribution >= 4 is 27.5 Å². The van der Waals surface area contributed by atoms with Crippen LogP contribution in [0.5, 0.6) is 5.75 Å². The number of ketones is 1. The summed E-state index contributed by atoms with van der Waals surface area (Å²) in [6, 6.07) is 11.2. The second kappa shape index (κ2) is 7.63. The van der Waals surface area contributed by atoms with E-state index in [0.29, 0.717) is 23.4 Å². The number of hydrogen-bond acceptors (Lipinski definition) is 6. The van der Waals surface area contributed by atoms with E-state index in [1.807, 2.05) is 6.92 Å². The maximum atomic E-state index is 12.4. The molecule has 0 N–H and O–H groups in total. The van der Waals surface area contributed by atoms with Crippen LogP contribution in [0.4, 0.5) is 5.69 Å². The van der Waals surface area contributed by atoms with Crippen molar-refractivity contribution in [2.45, 2.75) is 19.4 Å². The fourth-order valence-electron chi connectivity index (χ4n) is 3.40. The molecule has 0 fully saturated rings. The van der Waals surface area contributed by atoms with E-state index in [-0.39, 0.29) is 17.4 Å². The Morgan fingerprint density at radius 2 is 1.89 bits per heavy atom. The molecule has 2 aromatic carbocycles. The minimum Gasteiger partial charge on any atom is -0.496 e. The van der Waals surface area contributed by atoms with Crippen LogP contribution in [0.25, 0.3) is 0 Å². The average Bonchev–Trinajstić information content (AvgIpc) is 3.00.